The van der Waals surface area contributed by atoms with Crippen molar-refractivity contribution in [2.24, 2.45) is 10.4 Å². The molecule has 2 N–H and O–H groups in total. The highest BCUT2D eigenvalue weighted by atomic mass is 16.6. The molecule has 1 aromatic carbocycles. The topological polar surface area (TPSA) is 156 Å². The molecule has 0 spiro atoms. The van der Waals surface area contributed by atoms with Gasteiger partial charge in [-0.15, -0.1) is 0 Å². The molecular weight excluding hydrogens is 464 g/mol. The largest absolute Gasteiger partial charge is 0.442 e. The van der Waals surface area contributed by atoms with Gasteiger partial charge in [-0.3, -0.25) is 19.0 Å². The van der Waals surface area contributed by atoms with Gasteiger partial charge in [-0.25, -0.2) is 9.78 Å². The number of nitrogens with zero attached hydrogens (tertiary/aromatic N) is 4. The molecule has 4 rings (SSSR count). The molecule has 1 aromatic heterocycles. The number of aryl methyl sites for hydroxylation is 1. The summed E-state index contributed by atoms with van der Waals surface area (Å²) in [6, 6.07) is 8.06. The van der Waals surface area contributed by atoms with E-state index in [1.54, 1.807) is 39.8 Å². The molecule has 0 unspecified atom stereocenters. The summed E-state index contributed by atoms with van der Waals surface area (Å²) in [5.41, 5.74) is 0.148. The molecule has 3 amide bonds. The summed E-state index contributed by atoms with van der Waals surface area (Å²) in [5, 5.41) is 15.0. The van der Waals surface area contributed by atoms with Gasteiger partial charge in [0.25, 0.3) is 5.56 Å². The molecule has 1 aliphatic carbocycles. The van der Waals surface area contributed by atoms with Crippen molar-refractivity contribution in [1.29, 1.82) is 5.26 Å². The third-order valence-electron chi connectivity index (χ3n) is 6.09. The molecule has 0 saturated heterocycles. The van der Waals surface area contributed by atoms with Crippen LogP contribution in [0.15, 0.2) is 34.1 Å². The number of hydrogen-bond acceptors (Lipinski definition) is 7. The Morgan fingerprint density at radius 2 is 1.94 bits per heavy atom. The van der Waals surface area contributed by atoms with Crippen LogP contribution in [0.25, 0.3) is 11.3 Å². The van der Waals surface area contributed by atoms with Crippen LogP contribution in [-0.4, -0.2) is 45.3 Å². The quantitative estimate of drug-likeness (QED) is 0.629. The molecule has 11 heteroatoms. The minimum atomic E-state index is -0.698. The first-order valence-electron chi connectivity index (χ1n) is 11.4. The van der Waals surface area contributed by atoms with Gasteiger partial charge in [-0.1, -0.05) is 20.8 Å². The number of cyclic esters (lactones) is 1. The van der Waals surface area contributed by atoms with Gasteiger partial charge in [0.15, 0.2) is 0 Å². The fourth-order valence-electron chi connectivity index (χ4n) is 3.81. The Morgan fingerprint density at radius 3 is 2.50 bits per heavy atom. The van der Waals surface area contributed by atoms with E-state index in [1.807, 2.05) is 6.07 Å². The minimum Gasteiger partial charge on any atom is -0.442 e. The number of nitrogens with one attached hydrogen (secondary N) is 2. The van der Waals surface area contributed by atoms with Crippen LogP contribution in [0.1, 0.15) is 45.0 Å². The Morgan fingerprint density at radius 1 is 1.22 bits per heavy atom. The normalized spacial score (nSPS) is 16.0. The van der Waals surface area contributed by atoms with E-state index in [-0.39, 0.29) is 19.1 Å². The predicted octanol–water partition coefficient (Wildman–Crippen LogP) is 2.31. The van der Waals surface area contributed by atoms with Gasteiger partial charge in [0, 0.05) is 17.0 Å². The Bertz CT molecular complexity index is 1410. The number of benzene rings is 1. The second-order valence-corrected chi connectivity index (χ2v) is 9.93. The molecule has 1 aliphatic heterocycles. The molecule has 0 radical (unpaired) electrons. The molecule has 2 aromatic rings. The van der Waals surface area contributed by atoms with Crippen LogP contribution in [0.3, 0.4) is 0 Å². The Labute approximate surface area is 207 Å². The number of hydrogen-bond donors (Lipinski definition) is 2. The smallest absolute Gasteiger partial charge is 0.434 e. The lowest BCUT2D eigenvalue weighted by Crippen LogP contribution is -2.46. The Hall–Kier alpha value is -4.33. The van der Waals surface area contributed by atoms with Crippen molar-refractivity contribution in [3.8, 4) is 17.3 Å². The van der Waals surface area contributed by atoms with E-state index in [1.165, 1.54) is 16.7 Å². The SMILES string of the molecule is Cc1nc(-c2ccc(C#N)cc2NC(=O)C(C)(C)C)cc(=O)n1CC(=O)NC1(C2=NC(=O)OC2)CC1. The van der Waals surface area contributed by atoms with E-state index in [2.05, 4.69) is 20.6 Å². The molecule has 2 aliphatic rings. The van der Waals surface area contributed by atoms with Crippen molar-refractivity contribution < 1.29 is 19.1 Å². The van der Waals surface area contributed by atoms with Gasteiger partial charge < -0.3 is 15.4 Å². The summed E-state index contributed by atoms with van der Waals surface area (Å²) in [6.07, 6.45) is 0.612. The number of ether oxygens (including phenoxy) is 1. The van der Waals surface area contributed by atoms with Gasteiger partial charge in [-0.05, 0) is 38.0 Å². The molecule has 0 atom stereocenters. The summed E-state index contributed by atoms with van der Waals surface area (Å²) in [7, 11) is 0. The second-order valence-electron chi connectivity index (χ2n) is 9.93. The summed E-state index contributed by atoms with van der Waals surface area (Å²) in [4.78, 5) is 58.0. The van der Waals surface area contributed by atoms with Crippen LogP contribution in [0.2, 0.25) is 0 Å². The molecule has 186 valence electrons. The molecule has 11 nitrogen and oxygen atoms in total. The molecule has 36 heavy (non-hydrogen) atoms. The zero-order chi connectivity index (χ0) is 26.3. The number of nitriles is 1. The molecule has 1 fully saturated rings. The minimum absolute atomic E-state index is 0.0486. The first kappa shape index (κ1) is 24.8. The lowest BCUT2D eigenvalue weighted by atomic mass is 9.95. The van der Waals surface area contributed by atoms with Crippen molar-refractivity contribution in [2.75, 3.05) is 11.9 Å². The zero-order valence-electron chi connectivity index (χ0n) is 20.5. The van der Waals surface area contributed by atoms with Crippen molar-refractivity contribution in [2.45, 2.75) is 52.6 Å². The number of amides is 3. The van der Waals surface area contributed by atoms with Crippen molar-refractivity contribution in [3.63, 3.8) is 0 Å². The number of aliphatic imine (C=N–C) groups is 1. The summed E-state index contributed by atoms with van der Waals surface area (Å²) >= 11 is 0. The van der Waals surface area contributed by atoms with Gasteiger partial charge in [-0.2, -0.15) is 10.3 Å². The maximum absolute atomic E-state index is 13.0. The summed E-state index contributed by atoms with van der Waals surface area (Å²) in [6.45, 7) is 6.69. The average Bonchev–Trinajstić information content (AvgIpc) is 3.44. The number of anilines is 1. The number of rotatable bonds is 6. The molecule has 2 heterocycles. The van der Waals surface area contributed by atoms with Gasteiger partial charge >= 0.3 is 6.09 Å². The highest BCUT2D eigenvalue weighted by molar-refractivity contribution is 6.08. The maximum atomic E-state index is 13.0. The van der Waals surface area contributed by atoms with Crippen LogP contribution in [0.5, 0.6) is 0 Å². The molecule has 1 saturated carbocycles. The average molecular weight is 491 g/mol. The summed E-state index contributed by atoms with van der Waals surface area (Å²) in [5.74, 6) is -0.369. The first-order valence-corrected chi connectivity index (χ1v) is 11.4. The third-order valence-corrected chi connectivity index (χ3v) is 6.09. The molecular formula is C25H26N6O5. The fraction of sp³-hybridized carbons (Fsp3) is 0.400. The van der Waals surface area contributed by atoms with Crippen LogP contribution < -0.4 is 16.2 Å². The van der Waals surface area contributed by atoms with Crippen molar-refractivity contribution >= 4 is 29.3 Å². The van der Waals surface area contributed by atoms with E-state index in [0.29, 0.717) is 46.9 Å². The highest BCUT2D eigenvalue weighted by Crippen LogP contribution is 2.38. The van der Waals surface area contributed by atoms with E-state index in [9.17, 15) is 24.4 Å². The predicted molar refractivity (Wildman–Crippen MR) is 130 cm³/mol. The Balaban J connectivity index is 1.59. The summed E-state index contributed by atoms with van der Waals surface area (Å²) < 4.78 is 6.09. The van der Waals surface area contributed by atoms with Crippen LogP contribution >= 0.6 is 0 Å². The molecule has 0 bridgehead atoms. The first-order chi connectivity index (χ1) is 16.9. The van der Waals surface area contributed by atoms with Crippen LogP contribution in [0, 0.1) is 23.7 Å². The highest BCUT2D eigenvalue weighted by Gasteiger charge is 2.50. The van der Waals surface area contributed by atoms with Crippen molar-refractivity contribution in [1.82, 2.24) is 14.9 Å². The van der Waals surface area contributed by atoms with Crippen molar-refractivity contribution in [3.05, 3.63) is 46.0 Å². The number of carbonyl (C=O) groups is 3. The lowest BCUT2D eigenvalue weighted by molar-refractivity contribution is -0.123. The van der Waals surface area contributed by atoms with Gasteiger partial charge in [0.1, 0.15) is 19.0 Å². The standard InChI is InChI=1S/C25H26N6O5/c1-14-27-18(16-6-5-15(11-26)9-17(16)28-22(34)24(2,3)4)10-21(33)31(14)12-20(32)30-25(7-8-25)19-13-36-23(35)29-19/h5-6,9-10H,7-8,12-13H2,1-4H3,(H,28,34)(H,30,32). The van der Waals surface area contributed by atoms with E-state index in [0.717, 1.165) is 0 Å². The number of aromatic nitrogens is 2. The van der Waals surface area contributed by atoms with E-state index in [4.69, 9.17) is 4.74 Å². The van der Waals surface area contributed by atoms with Crippen LogP contribution in [-0.2, 0) is 20.9 Å². The maximum Gasteiger partial charge on any atom is 0.434 e. The Kier molecular flexibility index (Phi) is 6.22. The van der Waals surface area contributed by atoms with E-state index >= 15 is 0 Å². The number of carbonyl (C=O) groups excluding carboxylic acids is 3. The lowest BCUT2D eigenvalue weighted by Gasteiger charge is -2.20. The van der Waals surface area contributed by atoms with Gasteiger partial charge in [0.2, 0.25) is 11.8 Å². The third kappa shape index (κ3) is 5.02. The van der Waals surface area contributed by atoms with Crippen LogP contribution in [0.4, 0.5) is 10.5 Å². The fourth-order valence-corrected chi connectivity index (χ4v) is 3.81. The monoisotopic (exact) mass is 490 g/mol. The second kappa shape index (κ2) is 9.03. The van der Waals surface area contributed by atoms with E-state index < -0.39 is 28.5 Å². The zero-order valence-corrected chi connectivity index (χ0v) is 20.5. The van der Waals surface area contributed by atoms with Gasteiger partial charge in [0.05, 0.1) is 34.3 Å².